The first-order valence-corrected chi connectivity index (χ1v) is 9.62. The molecule has 0 fully saturated rings. The Kier molecular flexibility index (Phi) is 10.5. The third kappa shape index (κ3) is 7.43. The van der Waals surface area contributed by atoms with Crippen LogP contribution in [0.1, 0.15) is 39.1 Å². The van der Waals surface area contributed by atoms with Gasteiger partial charge in [-0.25, -0.2) is 4.98 Å². The summed E-state index contributed by atoms with van der Waals surface area (Å²) in [6.45, 7) is 13.2. The number of halogens is 1. The molecule has 1 aromatic carbocycles. The van der Waals surface area contributed by atoms with Crippen LogP contribution in [0.15, 0.2) is 39.9 Å². The van der Waals surface area contributed by atoms with Gasteiger partial charge in [-0.2, -0.15) is 0 Å². The molecule has 2 N–H and O–H groups in total. The van der Waals surface area contributed by atoms with Crippen molar-refractivity contribution in [1.29, 1.82) is 0 Å². The molecule has 0 unspecified atom stereocenters. The maximum atomic E-state index is 5.85. The number of benzene rings is 1. The molecule has 1 heterocycles. The average Bonchev–Trinajstić information content (AvgIpc) is 3.10. The number of aryl methyl sites for hydroxylation is 1. The van der Waals surface area contributed by atoms with Crippen LogP contribution >= 0.6 is 24.0 Å². The monoisotopic (exact) mass is 499 g/mol. The molecule has 156 valence electrons. The Hall–Kier alpha value is -1.61. The van der Waals surface area contributed by atoms with Gasteiger partial charge in [0.25, 0.3) is 0 Å². The number of nitrogens with zero attached hydrogens (tertiary/aromatic N) is 3. The van der Waals surface area contributed by atoms with Gasteiger partial charge in [0.05, 0.1) is 12.7 Å². The highest BCUT2D eigenvalue weighted by Crippen LogP contribution is 2.20. The van der Waals surface area contributed by atoms with E-state index in [1.165, 1.54) is 5.56 Å². The molecule has 0 aliphatic heterocycles. The van der Waals surface area contributed by atoms with Crippen LogP contribution in [0.4, 0.5) is 0 Å². The van der Waals surface area contributed by atoms with Crippen molar-refractivity contribution in [2.45, 2.75) is 53.2 Å². The minimum atomic E-state index is 0. The van der Waals surface area contributed by atoms with Crippen LogP contribution in [0.2, 0.25) is 0 Å². The van der Waals surface area contributed by atoms with Crippen molar-refractivity contribution in [3.8, 4) is 11.3 Å². The highest BCUT2D eigenvalue weighted by atomic mass is 127. The lowest BCUT2D eigenvalue weighted by molar-refractivity contribution is 0.178. The summed E-state index contributed by atoms with van der Waals surface area (Å²) in [5.41, 5.74) is 2.26. The van der Waals surface area contributed by atoms with Gasteiger partial charge < -0.3 is 15.1 Å². The van der Waals surface area contributed by atoms with Crippen molar-refractivity contribution >= 4 is 29.9 Å². The number of hydrogen-bond donors (Lipinski definition) is 2. The van der Waals surface area contributed by atoms with Gasteiger partial charge >= 0.3 is 0 Å². The molecule has 0 atom stereocenters. The fraction of sp³-hybridized carbons (Fsp3) is 0.524. The van der Waals surface area contributed by atoms with E-state index < -0.39 is 0 Å². The fourth-order valence-electron chi connectivity index (χ4n) is 3.04. The van der Waals surface area contributed by atoms with Crippen molar-refractivity contribution in [3.63, 3.8) is 0 Å². The highest BCUT2D eigenvalue weighted by molar-refractivity contribution is 14.0. The minimum absolute atomic E-state index is 0. The summed E-state index contributed by atoms with van der Waals surface area (Å²) in [6.07, 6.45) is 1.76. The molecule has 2 rings (SSSR count). The molecule has 28 heavy (non-hydrogen) atoms. The molecule has 7 heteroatoms. The molecule has 0 aliphatic carbocycles. The second-order valence-corrected chi connectivity index (χ2v) is 7.26. The summed E-state index contributed by atoms with van der Waals surface area (Å²) in [5, 5.41) is 6.61. The Morgan fingerprint density at radius 2 is 1.75 bits per heavy atom. The van der Waals surface area contributed by atoms with E-state index in [0.717, 1.165) is 30.4 Å². The molecule has 0 saturated heterocycles. The van der Waals surface area contributed by atoms with Gasteiger partial charge in [-0.05, 0) is 34.6 Å². The lowest BCUT2D eigenvalue weighted by atomic mass is 10.1. The zero-order chi connectivity index (χ0) is 19.8. The number of hydrogen-bond acceptors (Lipinski definition) is 4. The molecule has 0 radical (unpaired) electrons. The molecular formula is C21H34IN5O. The van der Waals surface area contributed by atoms with E-state index in [9.17, 15) is 0 Å². The third-order valence-corrected chi connectivity index (χ3v) is 4.51. The largest absolute Gasteiger partial charge is 0.439 e. The van der Waals surface area contributed by atoms with E-state index in [1.54, 1.807) is 13.2 Å². The Morgan fingerprint density at radius 1 is 1.11 bits per heavy atom. The van der Waals surface area contributed by atoms with Gasteiger partial charge in [-0.1, -0.05) is 29.8 Å². The van der Waals surface area contributed by atoms with Crippen LogP contribution < -0.4 is 10.6 Å². The third-order valence-electron chi connectivity index (χ3n) is 4.51. The second-order valence-electron chi connectivity index (χ2n) is 7.26. The number of aliphatic imine (C=N–C) groups is 1. The number of rotatable bonds is 8. The van der Waals surface area contributed by atoms with Crippen LogP contribution in [0.25, 0.3) is 11.3 Å². The highest BCUT2D eigenvalue weighted by Gasteiger charge is 2.13. The molecule has 0 aliphatic rings. The van der Waals surface area contributed by atoms with Gasteiger partial charge in [0, 0.05) is 37.8 Å². The van der Waals surface area contributed by atoms with Crippen molar-refractivity contribution in [1.82, 2.24) is 20.5 Å². The molecule has 0 spiro atoms. The summed E-state index contributed by atoms with van der Waals surface area (Å²) in [5.74, 6) is 2.16. The quantitative estimate of drug-likeness (QED) is 0.326. The van der Waals surface area contributed by atoms with Crippen molar-refractivity contribution in [2.75, 3.05) is 20.1 Å². The number of oxazole rings is 1. The normalized spacial score (nSPS) is 11.8. The summed E-state index contributed by atoms with van der Waals surface area (Å²) in [4.78, 5) is 11.1. The first kappa shape index (κ1) is 24.4. The first-order valence-electron chi connectivity index (χ1n) is 9.62. The molecule has 1 aromatic heterocycles. The van der Waals surface area contributed by atoms with E-state index in [4.69, 9.17) is 4.42 Å². The van der Waals surface area contributed by atoms with Crippen molar-refractivity contribution in [3.05, 3.63) is 41.9 Å². The average molecular weight is 499 g/mol. The molecule has 0 bridgehead atoms. The van der Waals surface area contributed by atoms with E-state index >= 15 is 0 Å². The number of guanidine groups is 1. The smallest absolute Gasteiger partial charge is 0.214 e. The Morgan fingerprint density at radius 3 is 2.32 bits per heavy atom. The number of aromatic nitrogens is 1. The van der Waals surface area contributed by atoms with E-state index in [-0.39, 0.29) is 24.0 Å². The van der Waals surface area contributed by atoms with Crippen LogP contribution in [-0.4, -0.2) is 48.1 Å². The fourth-order valence-corrected chi connectivity index (χ4v) is 3.04. The summed E-state index contributed by atoms with van der Waals surface area (Å²) in [7, 11) is 1.77. The molecular weight excluding hydrogens is 465 g/mol. The lowest BCUT2D eigenvalue weighted by Crippen LogP contribution is -2.45. The first-order chi connectivity index (χ1) is 12.9. The zero-order valence-corrected chi connectivity index (χ0v) is 20.2. The van der Waals surface area contributed by atoms with Gasteiger partial charge in [-0.15, -0.1) is 24.0 Å². The summed E-state index contributed by atoms with van der Waals surface area (Å²) < 4.78 is 5.85. The standard InChI is InChI=1S/C21H33N5O.HI/c1-15(2)26(16(3)4)12-11-23-21(22-6)25-14-20-24-13-19(27-20)18-9-7-17(5)8-10-18;/h7-10,13,15-16H,11-12,14H2,1-6H3,(H2,22,23,25);1H. The van der Waals surface area contributed by atoms with Gasteiger partial charge in [0.2, 0.25) is 5.89 Å². The maximum Gasteiger partial charge on any atom is 0.214 e. The predicted octanol–water partition coefficient (Wildman–Crippen LogP) is 4.05. The lowest BCUT2D eigenvalue weighted by Gasteiger charge is -2.30. The van der Waals surface area contributed by atoms with Crippen molar-refractivity contribution < 1.29 is 4.42 Å². The predicted molar refractivity (Wildman–Crippen MR) is 127 cm³/mol. The maximum absolute atomic E-state index is 5.85. The molecule has 6 nitrogen and oxygen atoms in total. The SMILES string of the molecule is CN=C(NCCN(C(C)C)C(C)C)NCc1ncc(-c2ccc(C)cc2)o1.I. The second kappa shape index (κ2) is 12.1. The van der Waals surface area contributed by atoms with Gasteiger partial charge in [0.1, 0.15) is 0 Å². The summed E-state index contributed by atoms with van der Waals surface area (Å²) in [6, 6.07) is 9.27. The number of nitrogens with one attached hydrogen (secondary N) is 2. The van der Waals surface area contributed by atoms with E-state index in [1.807, 2.05) is 12.1 Å². The van der Waals surface area contributed by atoms with E-state index in [0.29, 0.717) is 24.5 Å². The van der Waals surface area contributed by atoms with Gasteiger partial charge in [-0.3, -0.25) is 9.89 Å². The topological polar surface area (TPSA) is 65.7 Å². The van der Waals surface area contributed by atoms with Gasteiger partial charge in [0.15, 0.2) is 11.7 Å². The Balaban J connectivity index is 0.00000392. The Labute approximate surface area is 186 Å². The minimum Gasteiger partial charge on any atom is -0.439 e. The van der Waals surface area contributed by atoms with Crippen molar-refractivity contribution in [2.24, 2.45) is 4.99 Å². The molecule has 2 aromatic rings. The van der Waals surface area contributed by atoms with Crippen LogP contribution in [0.3, 0.4) is 0 Å². The molecule has 0 saturated carbocycles. The Bertz CT molecular complexity index is 717. The molecule has 0 amide bonds. The summed E-state index contributed by atoms with van der Waals surface area (Å²) >= 11 is 0. The zero-order valence-electron chi connectivity index (χ0n) is 17.8. The van der Waals surface area contributed by atoms with Crippen LogP contribution in [0, 0.1) is 6.92 Å². The van der Waals surface area contributed by atoms with Crippen LogP contribution in [-0.2, 0) is 6.54 Å². The van der Waals surface area contributed by atoms with Crippen LogP contribution in [0.5, 0.6) is 0 Å². The van der Waals surface area contributed by atoms with E-state index in [2.05, 4.69) is 72.3 Å².